The van der Waals surface area contributed by atoms with Crippen molar-refractivity contribution in [2.75, 3.05) is 0 Å². The molecule has 0 bridgehead atoms. The van der Waals surface area contributed by atoms with E-state index in [4.69, 9.17) is 4.74 Å². The highest BCUT2D eigenvalue weighted by Gasteiger charge is 2.15. The Labute approximate surface area is 117 Å². The van der Waals surface area contributed by atoms with Gasteiger partial charge in [-0.05, 0) is 24.0 Å². The Morgan fingerprint density at radius 3 is 2.16 bits per heavy atom. The molecular weight excluding hydrogens is 231 g/mol. The molecular formula is C13H16B4O2. The van der Waals surface area contributed by atoms with Gasteiger partial charge in [0, 0.05) is 0 Å². The smallest absolute Gasteiger partial charge is 0.149 e. The van der Waals surface area contributed by atoms with Crippen LogP contribution in [0.15, 0.2) is 24.3 Å². The molecule has 2 aromatic rings. The number of para-hydroxylation sites is 1. The summed E-state index contributed by atoms with van der Waals surface area (Å²) in [4.78, 5) is 0. The molecule has 0 heterocycles. The number of aryl methyl sites for hydroxylation is 1. The normalized spacial score (nSPS) is 10.4. The summed E-state index contributed by atoms with van der Waals surface area (Å²) >= 11 is 0. The average molecular weight is 248 g/mol. The summed E-state index contributed by atoms with van der Waals surface area (Å²) in [5.41, 5.74) is 4.96. The van der Waals surface area contributed by atoms with Gasteiger partial charge in [-0.25, -0.2) is 0 Å². The second kappa shape index (κ2) is 5.12. The highest BCUT2D eigenvalue weighted by molar-refractivity contribution is 6.61. The van der Waals surface area contributed by atoms with E-state index < -0.39 is 0 Å². The Morgan fingerprint density at radius 2 is 1.53 bits per heavy atom. The maximum atomic E-state index is 10.2. The van der Waals surface area contributed by atoms with Crippen molar-refractivity contribution >= 4 is 53.2 Å². The second-order valence-corrected chi connectivity index (χ2v) is 5.05. The van der Waals surface area contributed by atoms with Gasteiger partial charge in [0.05, 0.1) is 0 Å². The lowest BCUT2D eigenvalue weighted by Gasteiger charge is -2.19. The first kappa shape index (κ1) is 13.7. The Morgan fingerprint density at radius 1 is 0.895 bits per heavy atom. The molecule has 0 amide bonds. The molecule has 0 radical (unpaired) electrons. The molecule has 0 aliphatic carbocycles. The van der Waals surface area contributed by atoms with Crippen molar-refractivity contribution in [2.24, 2.45) is 0 Å². The van der Waals surface area contributed by atoms with Crippen LogP contribution in [0.4, 0.5) is 0 Å². The zero-order valence-electron chi connectivity index (χ0n) is 12.2. The number of benzene rings is 2. The molecule has 0 saturated carbocycles. The van der Waals surface area contributed by atoms with Crippen LogP contribution in [0.2, 0.25) is 0 Å². The van der Waals surface area contributed by atoms with E-state index in [9.17, 15) is 5.11 Å². The van der Waals surface area contributed by atoms with Crippen LogP contribution in [0, 0.1) is 6.92 Å². The van der Waals surface area contributed by atoms with E-state index in [1.54, 1.807) is 0 Å². The van der Waals surface area contributed by atoms with E-state index >= 15 is 0 Å². The number of aromatic hydroxyl groups is 1. The van der Waals surface area contributed by atoms with Gasteiger partial charge in [-0.2, -0.15) is 0 Å². The van der Waals surface area contributed by atoms with E-state index in [1.165, 1.54) is 0 Å². The molecule has 6 heteroatoms. The molecule has 0 aliphatic rings. The van der Waals surface area contributed by atoms with Gasteiger partial charge in [-0.3, -0.25) is 0 Å². The van der Waals surface area contributed by atoms with Crippen LogP contribution in [0.3, 0.4) is 0 Å². The van der Waals surface area contributed by atoms with Crippen molar-refractivity contribution in [3.8, 4) is 17.2 Å². The molecule has 0 atom stereocenters. The van der Waals surface area contributed by atoms with Gasteiger partial charge < -0.3 is 9.84 Å². The standard InChI is InChI=1S/C13H16B4O2/c1-6-4-2-3-5-7(6)19-13-10(16)8(14)9(15)12(18)11(13)17/h2-5,18H,14-17H2,1H3. The summed E-state index contributed by atoms with van der Waals surface area (Å²) < 4.78 is 6.03. The van der Waals surface area contributed by atoms with E-state index in [-0.39, 0.29) is 0 Å². The van der Waals surface area contributed by atoms with Crippen LogP contribution in [0.5, 0.6) is 17.2 Å². The molecule has 0 unspecified atom stereocenters. The van der Waals surface area contributed by atoms with Crippen molar-refractivity contribution in [3.63, 3.8) is 0 Å². The fourth-order valence-electron chi connectivity index (χ4n) is 2.23. The summed E-state index contributed by atoms with van der Waals surface area (Å²) in [5, 5.41) is 10.2. The minimum Gasteiger partial charge on any atom is -0.509 e. The van der Waals surface area contributed by atoms with Crippen molar-refractivity contribution in [1.29, 1.82) is 0 Å². The monoisotopic (exact) mass is 248 g/mol. The van der Waals surface area contributed by atoms with Gasteiger partial charge in [0.2, 0.25) is 0 Å². The first-order chi connectivity index (χ1) is 8.93. The van der Waals surface area contributed by atoms with Gasteiger partial charge in [0.1, 0.15) is 48.6 Å². The number of hydrogen-bond acceptors (Lipinski definition) is 2. The summed E-state index contributed by atoms with van der Waals surface area (Å²) in [6, 6.07) is 7.90. The Kier molecular flexibility index (Phi) is 3.70. The van der Waals surface area contributed by atoms with Crippen molar-refractivity contribution in [2.45, 2.75) is 6.92 Å². The zero-order chi connectivity index (χ0) is 14.2. The van der Waals surface area contributed by atoms with Crippen molar-refractivity contribution < 1.29 is 9.84 Å². The van der Waals surface area contributed by atoms with Gasteiger partial charge in [0.15, 0.2) is 0 Å². The largest absolute Gasteiger partial charge is 0.509 e. The summed E-state index contributed by atoms with van der Waals surface area (Å²) in [5.74, 6) is 1.91. The first-order valence-electron chi connectivity index (χ1n) is 6.46. The van der Waals surface area contributed by atoms with Crippen LogP contribution >= 0.6 is 0 Å². The summed E-state index contributed by atoms with van der Waals surface area (Å²) in [6.45, 7) is 2.01. The average Bonchev–Trinajstić information content (AvgIpc) is 2.41. The van der Waals surface area contributed by atoms with Gasteiger partial charge in [-0.15, -0.1) is 0 Å². The summed E-state index contributed by atoms with van der Waals surface area (Å²) in [7, 11) is 7.86. The molecule has 0 saturated heterocycles. The molecule has 2 nitrogen and oxygen atoms in total. The highest BCUT2D eigenvalue weighted by Crippen LogP contribution is 2.22. The number of phenolic OH excluding ortho intramolecular Hbond substituents is 1. The fourth-order valence-corrected chi connectivity index (χ4v) is 2.23. The lowest BCUT2D eigenvalue weighted by molar-refractivity contribution is 0.466. The zero-order valence-corrected chi connectivity index (χ0v) is 12.2. The molecule has 0 aromatic heterocycles. The van der Waals surface area contributed by atoms with Gasteiger partial charge in [-0.1, -0.05) is 34.6 Å². The third kappa shape index (κ3) is 2.40. The molecule has 19 heavy (non-hydrogen) atoms. The van der Waals surface area contributed by atoms with E-state index in [0.29, 0.717) is 5.75 Å². The minimum absolute atomic E-state index is 0.326. The predicted molar refractivity (Wildman–Crippen MR) is 92.1 cm³/mol. The Hall–Kier alpha value is -1.70. The fraction of sp³-hybridized carbons (Fsp3) is 0.0769. The molecule has 2 rings (SSSR count). The van der Waals surface area contributed by atoms with Crippen LogP contribution in [0.25, 0.3) is 0 Å². The lowest BCUT2D eigenvalue weighted by Crippen LogP contribution is -2.43. The lowest BCUT2D eigenvalue weighted by atomic mass is 9.68. The van der Waals surface area contributed by atoms with Gasteiger partial charge in [0.25, 0.3) is 0 Å². The second-order valence-electron chi connectivity index (χ2n) is 5.05. The van der Waals surface area contributed by atoms with Crippen LogP contribution < -0.4 is 26.6 Å². The van der Waals surface area contributed by atoms with Crippen molar-refractivity contribution in [3.05, 3.63) is 29.8 Å². The maximum absolute atomic E-state index is 10.2. The number of ether oxygens (including phenoxy) is 1. The number of phenols is 1. The molecule has 2 aromatic carbocycles. The molecule has 0 spiro atoms. The van der Waals surface area contributed by atoms with Crippen LogP contribution in [0.1, 0.15) is 5.56 Å². The van der Waals surface area contributed by atoms with Crippen LogP contribution in [-0.2, 0) is 0 Å². The maximum Gasteiger partial charge on any atom is 0.149 e. The van der Waals surface area contributed by atoms with E-state index in [2.05, 4.69) is 0 Å². The third-order valence-corrected chi connectivity index (χ3v) is 3.82. The number of rotatable bonds is 2. The SMILES string of the molecule is Bc1c(B)c(O)c(B)c(Oc2ccccc2C)c1B. The van der Waals surface area contributed by atoms with E-state index in [1.807, 2.05) is 62.6 Å². The summed E-state index contributed by atoms with van der Waals surface area (Å²) in [6.07, 6.45) is 0. The molecule has 0 aliphatic heterocycles. The van der Waals surface area contributed by atoms with Crippen molar-refractivity contribution in [1.82, 2.24) is 0 Å². The van der Waals surface area contributed by atoms with E-state index in [0.717, 1.165) is 38.9 Å². The topological polar surface area (TPSA) is 29.5 Å². The Bertz CT molecular complexity index is 612. The number of hydrogen-bond donors (Lipinski definition) is 1. The molecule has 0 fully saturated rings. The van der Waals surface area contributed by atoms with Crippen LogP contribution in [-0.4, -0.2) is 36.5 Å². The highest BCUT2D eigenvalue weighted by atomic mass is 16.5. The van der Waals surface area contributed by atoms with Gasteiger partial charge >= 0.3 is 0 Å². The minimum atomic E-state index is 0.326. The first-order valence-corrected chi connectivity index (χ1v) is 6.46. The third-order valence-electron chi connectivity index (χ3n) is 3.82. The molecule has 92 valence electrons. The molecule has 1 N–H and O–H groups in total. The predicted octanol–water partition coefficient (Wildman–Crippen LogP) is -3.47. The Balaban J connectivity index is 2.56. The quantitative estimate of drug-likeness (QED) is 0.559.